The minimum Gasteiger partial charge on any atom is -0.357 e. The Kier molecular flexibility index (Phi) is 9.33. The van der Waals surface area contributed by atoms with E-state index >= 15 is 0 Å². The number of sulfonamides is 1. The van der Waals surface area contributed by atoms with E-state index in [4.69, 9.17) is 0 Å². The molecule has 24 heavy (non-hydrogen) atoms. The number of hydrogen-bond acceptors (Lipinski definition) is 3. The maximum atomic E-state index is 12.8. The molecule has 1 aromatic rings. The summed E-state index contributed by atoms with van der Waals surface area (Å²) < 4.78 is 38.0. The molecule has 0 amide bonds. The van der Waals surface area contributed by atoms with Gasteiger partial charge < -0.3 is 10.6 Å². The molecule has 0 spiro atoms. The lowest BCUT2D eigenvalue weighted by atomic mass is 10.1. The van der Waals surface area contributed by atoms with Crippen molar-refractivity contribution in [3.63, 3.8) is 0 Å². The zero-order valence-corrected chi connectivity index (χ0v) is 15.1. The van der Waals surface area contributed by atoms with Crippen molar-refractivity contribution in [3.8, 4) is 0 Å². The van der Waals surface area contributed by atoms with Gasteiger partial charge in [-0.3, -0.25) is 4.99 Å². The van der Waals surface area contributed by atoms with Crippen LogP contribution in [0.15, 0.2) is 29.3 Å². The molecule has 136 valence electrons. The average molecular weight is 358 g/mol. The Morgan fingerprint density at radius 3 is 2.46 bits per heavy atom. The van der Waals surface area contributed by atoms with Gasteiger partial charge in [0.1, 0.15) is 5.82 Å². The quantitative estimate of drug-likeness (QED) is 0.334. The number of rotatable bonds is 10. The van der Waals surface area contributed by atoms with Crippen LogP contribution in [0.4, 0.5) is 4.39 Å². The summed E-state index contributed by atoms with van der Waals surface area (Å²) in [6.07, 6.45) is 1.40. The van der Waals surface area contributed by atoms with Crippen LogP contribution in [0.25, 0.3) is 0 Å². The van der Waals surface area contributed by atoms with Gasteiger partial charge in [-0.1, -0.05) is 12.1 Å². The molecule has 0 bridgehead atoms. The Bertz CT molecular complexity index is 603. The van der Waals surface area contributed by atoms with Gasteiger partial charge in [-0.25, -0.2) is 17.5 Å². The minimum atomic E-state index is -3.13. The van der Waals surface area contributed by atoms with E-state index in [-0.39, 0.29) is 11.6 Å². The number of halogens is 1. The van der Waals surface area contributed by atoms with E-state index in [1.807, 2.05) is 6.92 Å². The van der Waals surface area contributed by atoms with Gasteiger partial charge in [-0.15, -0.1) is 0 Å². The van der Waals surface area contributed by atoms with Gasteiger partial charge in [0.25, 0.3) is 0 Å². The Morgan fingerprint density at radius 2 is 1.83 bits per heavy atom. The van der Waals surface area contributed by atoms with Gasteiger partial charge in [0.15, 0.2) is 5.96 Å². The topological polar surface area (TPSA) is 82.6 Å². The second kappa shape index (κ2) is 11.0. The number of guanidine groups is 1. The Morgan fingerprint density at radius 1 is 1.12 bits per heavy atom. The lowest BCUT2D eigenvalue weighted by molar-refractivity contribution is 0.581. The van der Waals surface area contributed by atoms with E-state index in [1.54, 1.807) is 19.1 Å². The molecule has 1 aromatic carbocycles. The second-order valence-electron chi connectivity index (χ2n) is 5.22. The fraction of sp³-hybridized carbons (Fsp3) is 0.562. The summed E-state index contributed by atoms with van der Waals surface area (Å²) in [5.74, 6) is 0.544. The monoisotopic (exact) mass is 358 g/mol. The summed E-state index contributed by atoms with van der Waals surface area (Å²) >= 11 is 0. The zero-order chi connectivity index (χ0) is 17.8. The molecule has 0 radical (unpaired) electrons. The SMILES string of the molecule is CCNC(=NCCCNS(=O)(=O)CC)NCCc1ccc(F)cc1. The van der Waals surface area contributed by atoms with Crippen LogP contribution < -0.4 is 15.4 Å². The third-order valence-corrected chi connectivity index (χ3v) is 4.67. The summed E-state index contributed by atoms with van der Waals surface area (Å²) in [6.45, 7) is 5.92. The van der Waals surface area contributed by atoms with Crippen LogP contribution in [-0.2, 0) is 16.4 Å². The Balaban J connectivity index is 2.32. The molecule has 0 aliphatic rings. The molecular weight excluding hydrogens is 331 g/mol. The maximum Gasteiger partial charge on any atom is 0.211 e. The molecule has 1 rings (SSSR count). The van der Waals surface area contributed by atoms with E-state index in [2.05, 4.69) is 20.3 Å². The molecule has 0 aliphatic carbocycles. The normalized spacial score (nSPS) is 12.2. The standard InChI is InChI=1S/C16H27FN4O2S/c1-3-18-16(19-11-5-12-21-24(22,23)4-2)20-13-10-14-6-8-15(17)9-7-14/h6-9,21H,3-5,10-13H2,1-2H3,(H2,18,19,20). The van der Waals surface area contributed by atoms with Gasteiger partial charge in [-0.2, -0.15) is 0 Å². The third kappa shape index (κ3) is 8.83. The summed E-state index contributed by atoms with van der Waals surface area (Å²) in [6, 6.07) is 6.43. The Hall–Kier alpha value is -1.67. The predicted molar refractivity (Wildman–Crippen MR) is 96.2 cm³/mol. The molecule has 3 N–H and O–H groups in total. The number of nitrogens with one attached hydrogen (secondary N) is 3. The van der Waals surface area contributed by atoms with Gasteiger partial charge in [-0.05, 0) is 44.4 Å². The van der Waals surface area contributed by atoms with Crippen LogP contribution in [0.2, 0.25) is 0 Å². The number of hydrogen-bond donors (Lipinski definition) is 3. The van der Waals surface area contributed by atoms with E-state index in [0.29, 0.717) is 32.0 Å². The molecule has 0 heterocycles. The largest absolute Gasteiger partial charge is 0.357 e. The van der Waals surface area contributed by atoms with Crippen molar-refractivity contribution in [1.82, 2.24) is 15.4 Å². The summed E-state index contributed by atoms with van der Waals surface area (Å²) in [5.41, 5.74) is 1.05. The van der Waals surface area contributed by atoms with Gasteiger partial charge in [0.2, 0.25) is 10.0 Å². The van der Waals surface area contributed by atoms with Crippen LogP contribution in [-0.4, -0.2) is 46.3 Å². The lowest BCUT2D eigenvalue weighted by Gasteiger charge is -2.11. The molecule has 0 saturated carbocycles. The molecule has 8 heteroatoms. The second-order valence-corrected chi connectivity index (χ2v) is 7.31. The van der Waals surface area contributed by atoms with E-state index < -0.39 is 10.0 Å². The first-order chi connectivity index (χ1) is 11.5. The van der Waals surface area contributed by atoms with Crippen LogP contribution in [0.3, 0.4) is 0 Å². The highest BCUT2D eigenvalue weighted by Crippen LogP contribution is 2.02. The number of benzene rings is 1. The van der Waals surface area contributed by atoms with Crippen molar-refractivity contribution in [2.45, 2.75) is 26.7 Å². The average Bonchev–Trinajstić information content (AvgIpc) is 2.56. The highest BCUT2D eigenvalue weighted by atomic mass is 32.2. The first-order valence-corrected chi connectivity index (χ1v) is 9.86. The number of nitrogens with zero attached hydrogens (tertiary/aromatic N) is 1. The zero-order valence-electron chi connectivity index (χ0n) is 14.3. The van der Waals surface area contributed by atoms with E-state index in [1.165, 1.54) is 12.1 Å². The van der Waals surface area contributed by atoms with Gasteiger partial charge >= 0.3 is 0 Å². The van der Waals surface area contributed by atoms with E-state index in [0.717, 1.165) is 18.5 Å². The predicted octanol–water partition coefficient (Wildman–Crippen LogP) is 1.25. The molecule has 0 aliphatic heterocycles. The van der Waals surface area contributed by atoms with E-state index in [9.17, 15) is 12.8 Å². The number of aliphatic imine (C=N–C) groups is 1. The first kappa shape index (κ1) is 20.4. The fourth-order valence-electron chi connectivity index (χ4n) is 1.92. The minimum absolute atomic E-state index is 0.0872. The van der Waals surface area contributed by atoms with Crippen molar-refractivity contribution >= 4 is 16.0 Å². The van der Waals surface area contributed by atoms with Crippen molar-refractivity contribution in [3.05, 3.63) is 35.6 Å². The summed E-state index contributed by atoms with van der Waals surface area (Å²) in [7, 11) is -3.13. The lowest BCUT2D eigenvalue weighted by Crippen LogP contribution is -2.38. The third-order valence-electron chi connectivity index (χ3n) is 3.27. The molecule has 0 unspecified atom stereocenters. The van der Waals surface area contributed by atoms with Crippen molar-refractivity contribution < 1.29 is 12.8 Å². The highest BCUT2D eigenvalue weighted by molar-refractivity contribution is 7.89. The summed E-state index contributed by atoms with van der Waals surface area (Å²) in [5, 5.41) is 6.35. The van der Waals surface area contributed by atoms with Crippen LogP contribution in [0.5, 0.6) is 0 Å². The highest BCUT2D eigenvalue weighted by Gasteiger charge is 2.04. The van der Waals surface area contributed by atoms with Crippen molar-refractivity contribution in [1.29, 1.82) is 0 Å². The molecule has 6 nitrogen and oxygen atoms in total. The maximum absolute atomic E-state index is 12.8. The summed E-state index contributed by atoms with van der Waals surface area (Å²) in [4.78, 5) is 4.40. The van der Waals surface area contributed by atoms with Crippen LogP contribution >= 0.6 is 0 Å². The first-order valence-electron chi connectivity index (χ1n) is 8.20. The van der Waals surface area contributed by atoms with Crippen molar-refractivity contribution in [2.24, 2.45) is 4.99 Å². The molecule has 0 fully saturated rings. The molecule has 0 aromatic heterocycles. The van der Waals surface area contributed by atoms with Crippen LogP contribution in [0.1, 0.15) is 25.8 Å². The fourth-order valence-corrected chi connectivity index (χ4v) is 2.58. The van der Waals surface area contributed by atoms with Gasteiger partial charge in [0.05, 0.1) is 5.75 Å². The van der Waals surface area contributed by atoms with Crippen molar-refractivity contribution in [2.75, 3.05) is 31.9 Å². The molecule has 0 saturated heterocycles. The molecular formula is C16H27FN4O2S. The Labute approximate surface area is 144 Å². The smallest absolute Gasteiger partial charge is 0.211 e. The van der Waals surface area contributed by atoms with Gasteiger partial charge in [0, 0.05) is 26.2 Å². The van der Waals surface area contributed by atoms with Crippen LogP contribution in [0, 0.1) is 5.82 Å². The molecule has 0 atom stereocenters.